The van der Waals surface area contributed by atoms with Crippen LogP contribution in [0.15, 0.2) is 48.5 Å². The van der Waals surface area contributed by atoms with E-state index in [9.17, 15) is 4.39 Å². The molecule has 0 radical (unpaired) electrons. The molecule has 3 aromatic rings. The van der Waals surface area contributed by atoms with E-state index < -0.39 is 0 Å². The molecular formula is C21H22FN5. The van der Waals surface area contributed by atoms with Crippen molar-refractivity contribution in [1.29, 1.82) is 0 Å². The number of halogens is 1. The number of rotatable bonds is 4. The first-order valence-electron chi connectivity index (χ1n) is 9.15. The SMILES string of the molecule is CN(C)c1ccc(-c2nc(N3CCCC3)nnc2-c2ccc(F)cc2)cc1. The molecule has 0 aliphatic carbocycles. The van der Waals surface area contributed by atoms with Gasteiger partial charge in [0.05, 0.1) is 0 Å². The van der Waals surface area contributed by atoms with Crippen LogP contribution < -0.4 is 9.80 Å². The Kier molecular flexibility index (Phi) is 4.71. The van der Waals surface area contributed by atoms with E-state index in [2.05, 4.69) is 32.1 Å². The third-order valence-corrected chi connectivity index (χ3v) is 4.84. The molecule has 27 heavy (non-hydrogen) atoms. The first-order chi connectivity index (χ1) is 13.1. The van der Waals surface area contributed by atoms with E-state index in [1.165, 1.54) is 12.1 Å². The van der Waals surface area contributed by atoms with Gasteiger partial charge in [-0.1, -0.05) is 12.1 Å². The van der Waals surface area contributed by atoms with E-state index in [-0.39, 0.29) is 5.82 Å². The minimum absolute atomic E-state index is 0.273. The van der Waals surface area contributed by atoms with Gasteiger partial charge in [-0.05, 0) is 49.2 Å². The average Bonchev–Trinajstić information content (AvgIpc) is 3.23. The summed E-state index contributed by atoms with van der Waals surface area (Å²) in [5, 5.41) is 8.82. The quantitative estimate of drug-likeness (QED) is 0.701. The average molecular weight is 363 g/mol. The second kappa shape index (κ2) is 7.31. The molecule has 4 rings (SSSR count). The third kappa shape index (κ3) is 3.60. The van der Waals surface area contributed by atoms with Gasteiger partial charge in [0, 0.05) is 44.0 Å². The molecule has 1 saturated heterocycles. The van der Waals surface area contributed by atoms with E-state index in [0.717, 1.165) is 48.4 Å². The van der Waals surface area contributed by atoms with Crippen molar-refractivity contribution in [2.24, 2.45) is 0 Å². The number of aromatic nitrogens is 3. The Morgan fingerprint density at radius 2 is 1.41 bits per heavy atom. The summed E-state index contributed by atoms with van der Waals surface area (Å²) in [5.74, 6) is 0.385. The molecule has 5 nitrogen and oxygen atoms in total. The Morgan fingerprint density at radius 3 is 2.04 bits per heavy atom. The molecule has 2 aromatic carbocycles. The fourth-order valence-electron chi connectivity index (χ4n) is 3.29. The molecule has 1 fully saturated rings. The van der Waals surface area contributed by atoms with Gasteiger partial charge in [-0.15, -0.1) is 10.2 Å². The molecule has 1 aliphatic rings. The molecule has 0 bridgehead atoms. The Labute approximate surface area is 158 Å². The lowest BCUT2D eigenvalue weighted by atomic mass is 10.0. The number of anilines is 2. The van der Waals surface area contributed by atoms with Crippen molar-refractivity contribution in [2.75, 3.05) is 37.0 Å². The largest absolute Gasteiger partial charge is 0.378 e. The van der Waals surface area contributed by atoms with Crippen molar-refractivity contribution in [2.45, 2.75) is 12.8 Å². The van der Waals surface area contributed by atoms with Crippen LogP contribution in [0.3, 0.4) is 0 Å². The van der Waals surface area contributed by atoms with Gasteiger partial charge < -0.3 is 9.80 Å². The Morgan fingerprint density at radius 1 is 0.815 bits per heavy atom. The molecule has 6 heteroatoms. The lowest BCUT2D eigenvalue weighted by molar-refractivity contribution is 0.628. The lowest BCUT2D eigenvalue weighted by Crippen LogP contribution is -2.21. The van der Waals surface area contributed by atoms with Crippen molar-refractivity contribution in [3.63, 3.8) is 0 Å². The van der Waals surface area contributed by atoms with Crippen molar-refractivity contribution in [1.82, 2.24) is 15.2 Å². The smallest absolute Gasteiger partial charge is 0.245 e. The molecule has 0 atom stereocenters. The molecule has 0 amide bonds. The molecule has 1 aromatic heterocycles. The summed E-state index contributed by atoms with van der Waals surface area (Å²) in [7, 11) is 4.02. The van der Waals surface area contributed by atoms with Crippen molar-refractivity contribution in [3.05, 3.63) is 54.3 Å². The molecular weight excluding hydrogens is 341 g/mol. The second-order valence-electron chi connectivity index (χ2n) is 6.95. The van der Waals surface area contributed by atoms with Crippen molar-refractivity contribution >= 4 is 11.6 Å². The topological polar surface area (TPSA) is 45.2 Å². The van der Waals surface area contributed by atoms with Gasteiger partial charge in [0.1, 0.15) is 17.2 Å². The predicted octanol–water partition coefficient (Wildman–Crippen LogP) is 4.01. The van der Waals surface area contributed by atoms with Gasteiger partial charge in [-0.25, -0.2) is 9.37 Å². The van der Waals surface area contributed by atoms with E-state index in [4.69, 9.17) is 4.98 Å². The number of hydrogen-bond acceptors (Lipinski definition) is 5. The summed E-state index contributed by atoms with van der Waals surface area (Å²) in [6.07, 6.45) is 2.30. The van der Waals surface area contributed by atoms with Crippen LogP contribution in [0.25, 0.3) is 22.5 Å². The van der Waals surface area contributed by atoms with Gasteiger partial charge in [0.25, 0.3) is 0 Å². The molecule has 0 N–H and O–H groups in total. The highest BCUT2D eigenvalue weighted by atomic mass is 19.1. The fourth-order valence-corrected chi connectivity index (χ4v) is 3.29. The summed E-state index contributed by atoms with van der Waals surface area (Å²) < 4.78 is 13.4. The van der Waals surface area contributed by atoms with Crippen LogP contribution in [-0.2, 0) is 0 Å². The van der Waals surface area contributed by atoms with Crippen molar-refractivity contribution in [3.8, 4) is 22.5 Å². The van der Waals surface area contributed by atoms with Gasteiger partial charge in [0.15, 0.2) is 0 Å². The summed E-state index contributed by atoms with van der Waals surface area (Å²) in [6, 6.07) is 14.5. The monoisotopic (exact) mass is 363 g/mol. The molecule has 0 spiro atoms. The van der Waals surface area contributed by atoms with Crippen LogP contribution >= 0.6 is 0 Å². The van der Waals surface area contributed by atoms with Gasteiger partial charge in [-0.2, -0.15) is 0 Å². The minimum Gasteiger partial charge on any atom is -0.378 e. The Balaban J connectivity index is 1.81. The minimum atomic E-state index is -0.273. The first-order valence-corrected chi connectivity index (χ1v) is 9.15. The van der Waals surface area contributed by atoms with E-state index >= 15 is 0 Å². The van der Waals surface area contributed by atoms with Gasteiger partial charge >= 0.3 is 0 Å². The van der Waals surface area contributed by atoms with Gasteiger partial charge in [-0.3, -0.25) is 0 Å². The van der Waals surface area contributed by atoms with Crippen LogP contribution in [0, 0.1) is 5.82 Å². The molecule has 2 heterocycles. The maximum atomic E-state index is 13.4. The standard InChI is InChI=1S/C21H22FN5/c1-26(2)18-11-7-15(8-12-18)19-20(16-5-9-17(22)10-6-16)24-25-21(23-19)27-13-3-4-14-27/h5-12H,3-4,13-14H2,1-2H3. The summed E-state index contributed by atoms with van der Waals surface area (Å²) >= 11 is 0. The van der Waals surface area contributed by atoms with Crippen LogP contribution in [0.1, 0.15) is 12.8 Å². The maximum absolute atomic E-state index is 13.4. The number of nitrogens with zero attached hydrogens (tertiary/aromatic N) is 5. The van der Waals surface area contributed by atoms with E-state index in [0.29, 0.717) is 11.6 Å². The number of benzene rings is 2. The van der Waals surface area contributed by atoms with Crippen LogP contribution in [0.5, 0.6) is 0 Å². The predicted molar refractivity (Wildman–Crippen MR) is 106 cm³/mol. The van der Waals surface area contributed by atoms with Crippen LogP contribution in [-0.4, -0.2) is 42.4 Å². The second-order valence-corrected chi connectivity index (χ2v) is 6.95. The highest BCUT2D eigenvalue weighted by Crippen LogP contribution is 2.31. The van der Waals surface area contributed by atoms with Gasteiger partial charge in [0.2, 0.25) is 5.95 Å². The Bertz CT molecular complexity index is 916. The normalized spacial score (nSPS) is 13.8. The molecule has 0 unspecified atom stereocenters. The summed E-state index contributed by atoms with van der Waals surface area (Å²) in [4.78, 5) is 9.06. The zero-order valence-corrected chi connectivity index (χ0v) is 15.6. The molecule has 138 valence electrons. The molecule has 1 aliphatic heterocycles. The molecule has 0 saturated carbocycles. The summed E-state index contributed by atoms with van der Waals surface area (Å²) in [6.45, 7) is 1.91. The highest BCUT2D eigenvalue weighted by Gasteiger charge is 2.19. The Hall–Kier alpha value is -3.02. The van der Waals surface area contributed by atoms with E-state index in [1.807, 2.05) is 26.2 Å². The zero-order chi connectivity index (χ0) is 18.8. The fraction of sp³-hybridized carbons (Fsp3) is 0.286. The van der Waals surface area contributed by atoms with E-state index in [1.54, 1.807) is 12.1 Å². The van der Waals surface area contributed by atoms with Crippen LogP contribution in [0.2, 0.25) is 0 Å². The zero-order valence-electron chi connectivity index (χ0n) is 15.6. The third-order valence-electron chi connectivity index (χ3n) is 4.84. The summed E-state index contributed by atoms with van der Waals surface area (Å²) in [5.41, 5.74) is 4.31. The van der Waals surface area contributed by atoms with Crippen molar-refractivity contribution < 1.29 is 4.39 Å². The number of hydrogen-bond donors (Lipinski definition) is 0. The first kappa shape index (κ1) is 17.4. The lowest BCUT2D eigenvalue weighted by Gasteiger charge is -2.17. The highest BCUT2D eigenvalue weighted by molar-refractivity contribution is 5.78. The van der Waals surface area contributed by atoms with Crippen LogP contribution in [0.4, 0.5) is 16.0 Å². The maximum Gasteiger partial charge on any atom is 0.245 e.